The summed E-state index contributed by atoms with van der Waals surface area (Å²) in [6.07, 6.45) is 0. The minimum Gasteiger partial charge on any atom is -0.389 e. The quantitative estimate of drug-likeness (QED) is 0.815. The zero-order valence-electron chi connectivity index (χ0n) is 11.4. The van der Waals surface area contributed by atoms with Crippen molar-refractivity contribution in [1.29, 1.82) is 0 Å². The number of rotatable bonds is 6. The molecule has 0 bridgehead atoms. The SMILES string of the molecule is CCN(CC(C)(C)O)C(CN)c1ccc(F)cc1. The van der Waals surface area contributed by atoms with Crippen LogP contribution in [0.25, 0.3) is 0 Å². The molecule has 0 fully saturated rings. The van der Waals surface area contributed by atoms with E-state index in [1.54, 1.807) is 26.0 Å². The second kappa shape index (κ2) is 6.27. The minimum absolute atomic E-state index is 0.00187. The third-order valence-corrected chi connectivity index (χ3v) is 2.92. The van der Waals surface area contributed by atoms with E-state index < -0.39 is 5.60 Å². The summed E-state index contributed by atoms with van der Waals surface area (Å²) in [5.41, 5.74) is 6.02. The van der Waals surface area contributed by atoms with Gasteiger partial charge in [0.05, 0.1) is 5.60 Å². The van der Waals surface area contributed by atoms with Crippen LogP contribution in [0.4, 0.5) is 4.39 Å². The number of benzene rings is 1. The van der Waals surface area contributed by atoms with Gasteiger partial charge in [-0.15, -0.1) is 0 Å². The monoisotopic (exact) mass is 254 g/mol. The normalized spacial score (nSPS) is 13.9. The Kier molecular flexibility index (Phi) is 5.26. The molecule has 1 aromatic rings. The first-order valence-electron chi connectivity index (χ1n) is 6.29. The van der Waals surface area contributed by atoms with Gasteiger partial charge >= 0.3 is 0 Å². The lowest BCUT2D eigenvalue weighted by Crippen LogP contribution is -2.42. The summed E-state index contributed by atoms with van der Waals surface area (Å²) in [6.45, 7) is 7.32. The van der Waals surface area contributed by atoms with E-state index in [-0.39, 0.29) is 11.9 Å². The predicted octanol–water partition coefficient (Wildman–Crippen LogP) is 1.92. The fraction of sp³-hybridized carbons (Fsp3) is 0.571. The number of nitrogens with two attached hydrogens (primary N) is 1. The Hall–Kier alpha value is -0.970. The maximum atomic E-state index is 12.9. The van der Waals surface area contributed by atoms with Gasteiger partial charge in [-0.2, -0.15) is 0 Å². The molecule has 0 aromatic heterocycles. The van der Waals surface area contributed by atoms with Crippen molar-refractivity contribution in [3.63, 3.8) is 0 Å². The minimum atomic E-state index is -0.774. The molecule has 1 aromatic carbocycles. The largest absolute Gasteiger partial charge is 0.389 e. The Morgan fingerprint density at radius 2 is 1.89 bits per heavy atom. The van der Waals surface area contributed by atoms with Gasteiger partial charge in [0.1, 0.15) is 5.82 Å². The molecule has 18 heavy (non-hydrogen) atoms. The molecule has 0 spiro atoms. The van der Waals surface area contributed by atoms with Crippen molar-refractivity contribution in [2.75, 3.05) is 19.6 Å². The van der Waals surface area contributed by atoms with Gasteiger partial charge < -0.3 is 10.8 Å². The van der Waals surface area contributed by atoms with E-state index in [0.717, 1.165) is 12.1 Å². The first-order valence-corrected chi connectivity index (χ1v) is 6.29. The molecule has 0 aliphatic carbocycles. The van der Waals surface area contributed by atoms with Crippen LogP contribution < -0.4 is 5.73 Å². The van der Waals surface area contributed by atoms with Crippen molar-refractivity contribution in [2.24, 2.45) is 5.73 Å². The van der Waals surface area contributed by atoms with Crippen molar-refractivity contribution >= 4 is 0 Å². The molecule has 0 radical (unpaired) electrons. The van der Waals surface area contributed by atoms with Gasteiger partial charge in [0, 0.05) is 19.1 Å². The van der Waals surface area contributed by atoms with Gasteiger partial charge in [-0.3, -0.25) is 4.90 Å². The fourth-order valence-corrected chi connectivity index (χ4v) is 2.12. The smallest absolute Gasteiger partial charge is 0.123 e. The molecular weight excluding hydrogens is 231 g/mol. The van der Waals surface area contributed by atoms with Crippen LogP contribution in [0.15, 0.2) is 24.3 Å². The lowest BCUT2D eigenvalue weighted by molar-refractivity contribution is 0.0235. The van der Waals surface area contributed by atoms with E-state index in [4.69, 9.17) is 5.73 Å². The third kappa shape index (κ3) is 4.37. The van der Waals surface area contributed by atoms with E-state index >= 15 is 0 Å². The maximum absolute atomic E-state index is 12.9. The Labute approximate surface area is 108 Å². The Bertz CT molecular complexity index is 359. The van der Waals surface area contributed by atoms with E-state index in [2.05, 4.69) is 4.90 Å². The average molecular weight is 254 g/mol. The highest BCUT2D eigenvalue weighted by molar-refractivity contribution is 5.20. The summed E-state index contributed by atoms with van der Waals surface area (Å²) in [7, 11) is 0. The van der Waals surface area contributed by atoms with Gasteiger partial charge in [-0.1, -0.05) is 19.1 Å². The van der Waals surface area contributed by atoms with Crippen LogP contribution in [-0.4, -0.2) is 35.2 Å². The zero-order chi connectivity index (χ0) is 13.8. The van der Waals surface area contributed by atoms with E-state index in [1.807, 2.05) is 6.92 Å². The molecule has 0 aliphatic heterocycles. The third-order valence-electron chi connectivity index (χ3n) is 2.92. The molecule has 0 heterocycles. The van der Waals surface area contributed by atoms with Gasteiger partial charge in [0.2, 0.25) is 0 Å². The molecule has 4 heteroatoms. The van der Waals surface area contributed by atoms with Gasteiger partial charge in [-0.05, 0) is 38.1 Å². The number of hydrogen-bond donors (Lipinski definition) is 2. The average Bonchev–Trinajstić information content (AvgIpc) is 2.29. The van der Waals surface area contributed by atoms with E-state index in [0.29, 0.717) is 13.1 Å². The van der Waals surface area contributed by atoms with Crippen molar-refractivity contribution in [1.82, 2.24) is 4.90 Å². The second-order valence-corrected chi connectivity index (χ2v) is 5.18. The fourth-order valence-electron chi connectivity index (χ4n) is 2.12. The molecule has 0 aliphatic rings. The molecule has 0 amide bonds. The highest BCUT2D eigenvalue weighted by atomic mass is 19.1. The van der Waals surface area contributed by atoms with Crippen LogP contribution >= 0.6 is 0 Å². The van der Waals surface area contributed by atoms with Crippen LogP contribution in [0.1, 0.15) is 32.4 Å². The topological polar surface area (TPSA) is 49.5 Å². The molecule has 0 saturated carbocycles. The van der Waals surface area contributed by atoms with Crippen molar-refractivity contribution in [3.8, 4) is 0 Å². The molecular formula is C14H23FN2O. The van der Waals surface area contributed by atoms with Crippen molar-refractivity contribution < 1.29 is 9.50 Å². The summed E-state index contributed by atoms with van der Waals surface area (Å²) in [5.74, 6) is -0.250. The van der Waals surface area contributed by atoms with E-state index in [9.17, 15) is 9.50 Å². The standard InChI is InChI=1S/C14H23FN2O/c1-4-17(10-14(2,3)18)13(9-16)11-5-7-12(15)8-6-11/h5-8,13,18H,4,9-10,16H2,1-3H3. The van der Waals surface area contributed by atoms with Crippen LogP contribution in [-0.2, 0) is 0 Å². The molecule has 3 N–H and O–H groups in total. The Morgan fingerprint density at radius 1 is 1.33 bits per heavy atom. The number of hydrogen-bond acceptors (Lipinski definition) is 3. The van der Waals surface area contributed by atoms with Crippen LogP contribution in [0.2, 0.25) is 0 Å². The van der Waals surface area contributed by atoms with Crippen LogP contribution in [0, 0.1) is 5.82 Å². The predicted molar refractivity (Wildman–Crippen MR) is 71.7 cm³/mol. The summed E-state index contributed by atoms with van der Waals surface area (Å²) in [6, 6.07) is 6.38. The lowest BCUT2D eigenvalue weighted by atomic mass is 10.0. The molecule has 1 unspecified atom stereocenters. The summed E-state index contributed by atoms with van der Waals surface area (Å²) < 4.78 is 12.9. The summed E-state index contributed by atoms with van der Waals surface area (Å²) in [5, 5.41) is 9.91. The van der Waals surface area contributed by atoms with Gasteiger partial charge in [-0.25, -0.2) is 4.39 Å². The number of halogens is 1. The van der Waals surface area contributed by atoms with Crippen molar-refractivity contribution in [3.05, 3.63) is 35.6 Å². The molecule has 3 nitrogen and oxygen atoms in total. The first-order chi connectivity index (χ1) is 8.37. The molecule has 1 rings (SSSR count). The Morgan fingerprint density at radius 3 is 2.28 bits per heavy atom. The van der Waals surface area contributed by atoms with Crippen LogP contribution in [0.3, 0.4) is 0 Å². The zero-order valence-corrected chi connectivity index (χ0v) is 11.4. The number of nitrogens with zero attached hydrogens (tertiary/aromatic N) is 1. The van der Waals surface area contributed by atoms with Gasteiger partial charge in [0.25, 0.3) is 0 Å². The summed E-state index contributed by atoms with van der Waals surface area (Å²) >= 11 is 0. The summed E-state index contributed by atoms with van der Waals surface area (Å²) in [4.78, 5) is 2.10. The highest BCUT2D eigenvalue weighted by Gasteiger charge is 2.24. The highest BCUT2D eigenvalue weighted by Crippen LogP contribution is 2.21. The van der Waals surface area contributed by atoms with Crippen molar-refractivity contribution in [2.45, 2.75) is 32.4 Å². The first kappa shape index (κ1) is 15.1. The second-order valence-electron chi connectivity index (χ2n) is 5.18. The van der Waals surface area contributed by atoms with Crippen LogP contribution in [0.5, 0.6) is 0 Å². The molecule has 0 saturated heterocycles. The lowest BCUT2D eigenvalue weighted by Gasteiger charge is -2.34. The maximum Gasteiger partial charge on any atom is 0.123 e. The molecule has 102 valence electrons. The van der Waals surface area contributed by atoms with E-state index in [1.165, 1.54) is 12.1 Å². The van der Waals surface area contributed by atoms with Gasteiger partial charge in [0.15, 0.2) is 0 Å². The number of likely N-dealkylation sites (N-methyl/N-ethyl adjacent to an activating group) is 1. The molecule has 1 atom stereocenters. The Balaban J connectivity index is 2.89. The number of aliphatic hydroxyl groups is 1.